The van der Waals surface area contributed by atoms with Crippen molar-refractivity contribution in [1.82, 2.24) is 0 Å². The third-order valence-corrected chi connectivity index (χ3v) is 4.77. The summed E-state index contributed by atoms with van der Waals surface area (Å²) in [5, 5.41) is 0. The van der Waals surface area contributed by atoms with Gasteiger partial charge in [0.1, 0.15) is 31.3 Å². The number of ether oxygens (including phenoxy) is 4. The topological polar surface area (TPSA) is 54.0 Å². The van der Waals surface area contributed by atoms with Crippen LogP contribution in [-0.4, -0.2) is 25.8 Å². The Morgan fingerprint density at radius 2 is 1.30 bits per heavy atom. The minimum atomic E-state index is -0.337. The predicted molar refractivity (Wildman–Crippen MR) is 128 cm³/mol. The number of hydrogen-bond acceptors (Lipinski definition) is 5. The summed E-state index contributed by atoms with van der Waals surface area (Å²) in [4.78, 5) is 11.7. The van der Waals surface area contributed by atoms with Crippen molar-refractivity contribution in [2.24, 2.45) is 5.92 Å². The highest BCUT2D eigenvalue weighted by Gasteiger charge is 2.08. The third kappa shape index (κ3) is 9.38. The molecular formula is C28H32O5. The first kappa shape index (κ1) is 24.3. The van der Waals surface area contributed by atoms with Crippen LogP contribution in [0.4, 0.5) is 0 Å². The average Bonchev–Trinajstić information content (AvgIpc) is 2.84. The van der Waals surface area contributed by atoms with Crippen LogP contribution in [-0.2, 0) is 33.9 Å². The molecule has 5 heteroatoms. The van der Waals surface area contributed by atoms with Crippen LogP contribution < -0.4 is 9.47 Å². The van der Waals surface area contributed by atoms with E-state index in [1.54, 1.807) is 0 Å². The van der Waals surface area contributed by atoms with Gasteiger partial charge in [0.2, 0.25) is 0 Å². The van der Waals surface area contributed by atoms with Gasteiger partial charge in [-0.25, -0.2) is 4.79 Å². The monoisotopic (exact) mass is 448 g/mol. The molecule has 174 valence electrons. The molecule has 3 aromatic rings. The van der Waals surface area contributed by atoms with Gasteiger partial charge in [0.15, 0.2) is 0 Å². The van der Waals surface area contributed by atoms with E-state index in [4.69, 9.17) is 18.9 Å². The zero-order valence-corrected chi connectivity index (χ0v) is 19.4. The maximum atomic E-state index is 11.7. The molecule has 0 radical (unpaired) electrons. The second kappa shape index (κ2) is 13.3. The lowest BCUT2D eigenvalue weighted by Crippen LogP contribution is -2.16. The molecule has 5 nitrogen and oxygen atoms in total. The Bertz CT molecular complexity index is 908. The Hall–Kier alpha value is -3.31. The van der Waals surface area contributed by atoms with Crippen LogP contribution in [0.25, 0.3) is 0 Å². The van der Waals surface area contributed by atoms with Crippen molar-refractivity contribution in [2.45, 2.75) is 33.5 Å². The van der Waals surface area contributed by atoms with E-state index in [-0.39, 0.29) is 12.6 Å². The minimum Gasteiger partial charge on any atom is -0.489 e. The van der Waals surface area contributed by atoms with E-state index in [0.29, 0.717) is 38.8 Å². The fourth-order valence-electron chi connectivity index (χ4n) is 3.07. The van der Waals surface area contributed by atoms with Gasteiger partial charge in [-0.1, -0.05) is 74.5 Å². The number of benzene rings is 3. The molecule has 0 atom stereocenters. The van der Waals surface area contributed by atoms with Crippen molar-refractivity contribution >= 4 is 5.97 Å². The number of carbonyl (C=O) groups is 1. The quantitative estimate of drug-likeness (QED) is 0.252. The van der Waals surface area contributed by atoms with Crippen molar-refractivity contribution < 1.29 is 23.7 Å². The highest BCUT2D eigenvalue weighted by molar-refractivity contribution is 5.70. The highest BCUT2D eigenvalue weighted by Crippen LogP contribution is 2.25. The maximum absolute atomic E-state index is 11.7. The van der Waals surface area contributed by atoms with Crippen LogP contribution >= 0.6 is 0 Å². The van der Waals surface area contributed by atoms with E-state index in [0.717, 1.165) is 28.2 Å². The summed E-state index contributed by atoms with van der Waals surface area (Å²) in [7, 11) is 0. The Kier molecular flexibility index (Phi) is 9.80. The molecule has 0 amide bonds. The molecule has 0 unspecified atom stereocenters. The van der Waals surface area contributed by atoms with E-state index in [9.17, 15) is 4.79 Å². The first-order chi connectivity index (χ1) is 16.1. The van der Waals surface area contributed by atoms with Crippen molar-refractivity contribution in [1.29, 1.82) is 0 Å². The van der Waals surface area contributed by atoms with Gasteiger partial charge in [-0.15, -0.1) is 0 Å². The van der Waals surface area contributed by atoms with Gasteiger partial charge in [-0.05, 0) is 41.2 Å². The minimum absolute atomic E-state index is 0.0473. The Morgan fingerprint density at radius 1 is 0.758 bits per heavy atom. The van der Waals surface area contributed by atoms with Gasteiger partial charge >= 0.3 is 5.97 Å². The molecule has 3 rings (SSSR count). The van der Waals surface area contributed by atoms with Gasteiger partial charge in [0.25, 0.3) is 0 Å². The molecule has 0 N–H and O–H groups in total. The molecule has 0 fully saturated rings. The van der Waals surface area contributed by atoms with Crippen LogP contribution in [0.5, 0.6) is 11.5 Å². The van der Waals surface area contributed by atoms with Crippen molar-refractivity contribution in [2.75, 3.05) is 19.8 Å². The van der Waals surface area contributed by atoms with E-state index in [2.05, 4.69) is 0 Å². The van der Waals surface area contributed by atoms with Gasteiger partial charge < -0.3 is 18.9 Å². The van der Waals surface area contributed by atoms with Gasteiger partial charge in [-0.3, -0.25) is 0 Å². The molecule has 3 aromatic carbocycles. The lowest BCUT2D eigenvalue weighted by molar-refractivity contribution is -0.150. The molecule has 0 heterocycles. The van der Waals surface area contributed by atoms with Crippen molar-refractivity contribution in [3.8, 4) is 11.5 Å². The largest absolute Gasteiger partial charge is 0.489 e. The van der Waals surface area contributed by atoms with E-state index in [1.165, 1.54) is 0 Å². The Balaban J connectivity index is 1.58. The fourth-order valence-corrected chi connectivity index (χ4v) is 3.07. The smallest absolute Gasteiger partial charge is 0.332 e. The Labute approximate surface area is 196 Å². The summed E-state index contributed by atoms with van der Waals surface area (Å²) in [6.45, 7) is 5.70. The Morgan fingerprint density at radius 3 is 1.82 bits per heavy atom. The SMILES string of the molecule is CC(C)COC(=O)COCCc1cc(OCc2ccccc2)cc(OCc2ccccc2)c1. The lowest BCUT2D eigenvalue weighted by atomic mass is 10.1. The fraction of sp³-hybridized carbons (Fsp3) is 0.321. The van der Waals surface area contributed by atoms with Crippen LogP contribution in [0.2, 0.25) is 0 Å². The number of hydrogen-bond donors (Lipinski definition) is 0. The second-order valence-corrected chi connectivity index (χ2v) is 8.24. The predicted octanol–water partition coefficient (Wildman–Crippen LogP) is 5.60. The molecule has 0 aromatic heterocycles. The summed E-state index contributed by atoms with van der Waals surface area (Å²) in [6, 6.07) is 25.9. The summed E-state index contributed by atoms with van der Waals surface area (Å²) in [6.07, 6.45) is 0.627. The molecule has 0 saturated carbocycles. The average molecular weight is 449 g/mol. The molecule has 33 heavy (non-hydrogen) atoms. The highest BCUT2D eigenvalue weighted by atomic mass is 16.6. The van der Waals surface area contributed by atoms with E-state index in [1.807, 2.05) is 92.7 Å². The molecule has 0 aliphatic carbocycles. The second-order valence-electron chi connectivity index (χ2n) is 8.24. The van der Waals surface area contributed by atoms with E-state index < -0.39 is 0 Å². The van der Waals surface area contributed by atoms with Crippen LogP contribution in [0.3, 0.4) is 0 Å². The lowest BCUT2D eigenvalue weighted by Gasteiger charge is -2.13. The molecule has 0 aliphatic rings. The maximum Gasteiger partial charge on any atom is 0.332 e. The number of rotatable bonds is 13. The molecular weight excluding hydrogens is 416 g/mol. The molecule has 0 bridgehead atoms. The first-order valence-corrected chi connectivity index (χ1v) is 11.3. The summed E-state index contributed by atoms with van der Waals surface area (Å²) in [5.41, 5.74) is 3.20. The number of esters is 1. The van der Waals surface area contributed by atoms with E-state index >= 15 is 0 Å². The molecule has 0 saturated heterocycles. The third-order valence-electron chi connectivity index (χ3n) is 4.77. The standard InChI is InChI=1S/C28H32O5/c1-22(2)18-33-28(29)21-30-14-13-25-15-26(31-19-23-9-5-3-6-10-23)17-27(16-25)32-20-24-11-7-4-8-12-24/h3-12,15-17,22H,13-14,18-21H2,1-2H3. The van der Waals surface area contributed by atoms with Crippen LogP contribution in [0.1, 0.15) is 30.5 Å². The van der Waals surface area contributed by atoms with Gasteiger partial charge in [-0.2, -0.15) is 0 Å². The first-order valence-electron chi connectivity index (χ1n) is 11.3. The van der Waals surface area contributed by atoms with Crippen molar-refractivity contribution in [3.05, 3.63) is 95.6 Å². The molecule has 0 spiro atoms. The van der Waals surface area contributed by atoms with Crippen molar-refractivity contribution in [3.63, 3.8) is 0 Å². The van der Waals surface area contributed by atoms with Crippen LogP contribution in [0.15, 0.2) is 78.9 Å². The zero-order valence-electron chi connectivity index (χ0n) is 19.4. The normalized spacial score (nSPS) is 10.8. The van der Waals surface area contributed by atoms with Crippen LogP contribution in [0, 0.1) is 5.92 Å². The number of carbonyl (C=O) groups excluding carboxylic acids is 1. The van der Waals surface area contributed by atoms with Gasteiger partial charge in [0, 0.05) is 6.07 Å². The zero-order chi connectivity index (χ0) is 23.3. The summed E-state index contributed by atoms with van der Waals surface area (Å²) in [5.74, 6) is 1.43. The summed E-state index contributed by atoms with van der Waals surface area (Å²) < 4.78 is 22.7. The van der Waals surface area contributed by atoms with Gasteiger partial charge in [0.05, 0.1) is 13.2 Å². The molecule has 0 aliphatic heterocycles. The summed E-state index contributed by atoms with van der Waals surface area (Å²) >= 11 is 0.